The van der Waals surface area contributed by atoms with Gasteiger partial charge in [-0.1, -0.05) is 12.1 Å². The molecule has 3 aromatic rings. The summed E-state index contributed by atoms with van der Waals surface area (Å²) in [4.78, 5) is 8.32. The highest BCUT2D eigenvalue weighted by Gasteiger charge is 2.04. The van der Waals surface area contributed by atoms with E-state index in [-0.39, 0.29) is 0 Å². The standard InChI is InChI=1S/C12H10N4/c13-10-3-1-9(2-4-10)11-7-15-12-8-14-5-6-16(11)12/h1-8H,13H2. The third kappa shape index (κ3) is 1.32. The van der Waals surface area contributed by atoms with Crippen molar-refractivity contribution in [2.75, 3.05) is 5.73 Å². The molecule has 0 amide bonds. The lowest BCUT2D eigenvalue weighted by Gasteiger charge is -2.01. The first-order chi connectivity index (χ1) is 7.84. The van der Waals surface area contributed by atoms with Gasteiger partial charge in [-0.05, 0) is 12.1 Å². The van der Waals surface area contributed by atoms with Gasteiger partial charge >= 0.3 is 0 Å². The van der Waals surface area contributed by atoms with E-state index in [4.69, 9.17) is 5.73 Å². The Labute approximate surface area is 92.4 Å². The summed E-state index contributed by atoms with van der Waals surface area (Å²) in [6.07, 6.45) is 7.22. The van der Waals surface area contributed by atoms with E-state index in [1.807, 2.05) is 41.1 Å². The predicted octanol–water partition coefficient (Wildman–Crippen LogP) is 1.98. The van der Waals surface area contributed by atoms with Crippen molar-refractivity contribution in [1.29, 1.82) is 0 Å². The molecule has 0 aliphatic heterocycles. The van der Waals surface area contributed by atoms with Gasteiger partial charge in [0.2, 0.25) is 0 Å². The highest BCUT2D eigenvalue weighted by Crippen LogP contribution is 2.21. The van der Waals surface area contributed by atoms with Crippen LogP contribution in [0.5, 0.6) is 0 Å². The van der Waals surface area contributed by atoms with Crippen LogP contribution < -0.4 is 5.73 Å². The second-order valence-electron chi connectivity index (χ2n) is 3.57. The van der Waals surface area contributed by atoms with E-state index in [0.717, 1.165) is 22.6 Å². The average molecular weight is 210 g/mol. The van der Waals surface area contributed by atoms with Crippen molar-refractivity contribution in [2.24, 2.45) is 0 Å². The maximum atomic E-state index is 5.66. The van der Waals surface area contributed by atoms with Crippen molar-refractivity contribution < 1.29 is 0 Å². The highest BCUT2D eigenvalue weighted by molar-refractivity contribution is 5.65. The van der Waals surface area contributed by atoms with Crippen LogP contribution in [0.4, 0.5) is 5.69 Å². The van der Waals surface area contributed by atoms with E-state index < -0.39 is 0 Å². The van der Waals surface area contributed by atoms with Crippen molar-refractivity contribution in [1.82, 2.24) is 14.4 Å². The van der Waals surface area contributed by atoms with Gasteiger partial charge in [-0.2, -0.15) is 0 Å². The largest absolute Gasteiger partial charge is 0.399 e. The molecule has 2 N–H and O–H groups in total. The van der Waals surface area contributed by atoms with E-state index >= 15 is 0 Å². The van der Waals surface area contributed by atoms with Gasteiger partial charge in [0.05, 0.1) is 18.1 Å². The molecule has 2 aromatic heterocycles. The van der Waals surface area contributed by atoms with Crippen molar-refractivity contribution in [3.8, 4) is 11.3 Å². The van der Waals surface area contributed by atoms with Crippen molar-refractivity contribution in [2.45, 2.75) is 0 Å². The molecule has 0 aliphatic rings. The lowest BCUT2D eigenvalue weighted by molar-refractivity contribution is 1.13. The summed E-state index contributed by atoms with van der Waals surface area (Å²) in [5.41, 5.74) is 9.40. The Morgan fingerprint density at radius 1 is 1.06 bits per heavy atom. The van der Waals surface area contributed by atoms with Crippen molar-refractivity contribution in [3.05, 3.63) is 49.1 Å². The molecule has 4 nitrogen and oxygen atoms in total. The Hall–Kier alpha value is -2.36. The van der Waals surface area contributed by atoms with E-state index in [2.05, 4.69) is 9.97 Å². The molecular weight excluding hydrogens is 200 g/mol. The zero-order chi connectivity index (χ0) is 11.0. The molecule has 0 unspecified atom stereocenters. The van der Waals surface area contributed by atoms with Crippen LogP contribution in [-0.4, -0.2) is 14.4 Å². The number of nitrogens with two attached hydrogens (primary N) is 1. The molecule has 2 heterocycles. The van der Waals surface area contributed by atoms with E-state index in [1.54, 1.807) is 12.4 Å². The minimum Gasteiger partial charge on any atom is -0.399 e. The predicted molar refractivity (Wildman–Crippen MR) is 62.8 cm³/mol. The molecule has 0 saturated carbocycles. The molecule has 4 heteroatoms. The van der Waals surface area contributed by atoms with Crippen LogP contribution in [0.25, 0.3) is 16.9 Å². The number of aromatic nitrogens is 3. The van der Waals surface area contributed by atoms with Crippen LogP contribution in [-0.2, 0) is 0 Å². The van der Waals surface area contributed by atoms with Crippen LogP contribution in [0.1, 0.15) is 0 Å². The Bertz CT molecular complexity index is 625. The van der Waals surface area contributed by atoms with E-state index in [0.29, 0.717) is 0 Å². The van der Waals surface area contributed by atoms with E-state index in [9.17, 15) is 0 Å². The average Bonchev–Trinajstić information content (AvgIpc) is 2.74. The summed E-state index contributed by atoms with van der Waals surface area (Å²) in [6.45, 7) is 0. The van der Waals surface area contributed by atoms with Crippen LogP contribution in [0.2, 0.25) is 0 Å². The van der Waals surface area contributed by atoms with Gasteiger partial charge in [0.1, 0.15) is 0 Å². The Balaban J connectivity index is 2.22. The van der Waals surface area contributed by atoms with Gasteiger partial charge in [0.25, 0.3) is 0 Å². The molecule has 0 bridgehead atoms. The SMILES string of the molecule is Nc1ccc(-c2cnc3cnccn23)cc1. The lowest BCUT2D eigenvalue weighted by Crippen LogP contribution is -1.89. The fourth-order valence-electron chi connectivity index (χ4n) is 1.71. The number of anilines is 1. The fourth-order valence-corrected chi connectivity index (χ4v) is 1.71. The minimum absolute atomic E-state index is 0.763. The second kappa shape index (κ2) is 3.34. The molecule has 1 aromatic carbocycles. The smallest absolute Gasteiger partial charge is 0.155 e. The highest BCUT2D eigenvalue weighted by atomic mass is 15.0. The summed E-state index contributed by atoms with van der Waals surface area (Å²) in [7, 11) is 0. The van der Waals surface area contributed by atoms with Crippen molar-refractivity contribution >= 4 is 11.3 Å². The number of hydrogen-bond donors (Lipinski definition) is 1. The number of benzene rings is 1. The van der Waals surface area contributed by atoms with E-state index in [1.165, 1.54) is 0 Å². The summed E-state index contributed by atoms with van der Waals surface area (Å²) in [5, 5.41) is 0. The number of nitrogens with zero attached hydrogens (tertiary/aromatic N) is 3. The topological polar surface area (TPSA) is 56.2 Å². The van der Waals surface area contributed by atoms with Gasteiger partial charge in [-0.25, -0.2) is 4.98 Å². The number of fused-ring (bicyclic) bond motifs is 1. The molecule has 0 aliphatic carbocycles. The van der Waals surface area contributed by atoms with Crippen molar-refractivity contribution in [3.63, 3.8) is 0 Å². The quantitative estimate of drug-likeness (QED) is 0.625. The van der Waals surface area contributed by atoms with Gasteiger partial charge in [-0.3, -0.25) is 9.38 Å². The first-order valence-corrected chi connectivity index (χ1v) is 4.97. The first-order valence-electron chi connectivity index (χ1n) is 4.97. The third-order valence-corrected chi connectivity index (χ3v) is 2.52. The fraction of sp³-hybridized carbons (Fsp3) is 0. The Morgan fingerprint density at radius 2 is 1.88 bits per heavy atom. The van der Waals surface area contributed by atoms with Gasteiger partial charge in [0.15, 0.2) is 5.65 Å². The van der Waals surface area contributed by atoms with Crippen LogP contribution in [0, 0.1) is 0 Å². The zero-order valence-corrected chi connectivity index (χ0v) is 8.54. The Kier molecular flexibility index (Phi) is 1.86. The maximum Gasteiger partial charge on any atom is 0.155 e. The van der Waals surface area contributed by atoms with Crippen LogP contribution in [0.15, 0.2) is 49.1 Å². The number of rotatable bonds is 1. The molecule has 16 heavy (non-hydrogen) atoms. The molecule has 3 rings (SSSR count). The molecule has 0 saturated heterocycles. The molecular formula is C12H10N4. The Morgan fingerprint density at radius 3 is 2.69 bits per heavy atom. The zero-order valence-electron chi connectivity index (χ0n) is 8.54. The van der Waals surface area contributed by atoms with Gasteiger partial charge < -0.3 is 5.73 Å². The monoisotopic (exact) mass is 210 g/mol. The third-order valence-electron chi connectivity index (χ3n) is 2.52. The molecule has 0 atom stereocenters. The summed E-state index contributed by atoms with van der Waals surface area (Å²) < 4.78 is 2.00. The first kappa shape index (κ1) is 8.91. The summed E-state index contributed by atoms with van der Waals surface area (Å²) in [6, 6.07) is 7.74. The van der Waals surface area contributed by atoms with Crippen LogP contribution >= 0.6 is 0 Å². The molecule has 0 spiro atoms. The summed E-state index contributed by atoms with van der Waals surface area (Å²) >= 11 is 0. The lowest BCUT2D eigenvalue weighted by atomic mass is 10.1. The number of hydrogen-bond acceptors (Lipinski definition) is 3. The van der Waals surface area contributed by atoms with Gasteiger partial charge in [0, 0.05) is 23.6 Å². The van der Waals surface area contributed by atoms with Crippen LogP contribution in [0.3, 0.4) is 0 Å². The maximum absolute atomic E-state index is 5.66. The second-order valence-corrected chi connectivity index (χ2v) is 3.57. The molecule has 0 fully saturated rings. The molecule has 78 valence electrons. The normalized spacial score (nSPS) is 10.8. The molecule has 0 radical (unpaired) electrons. The minimum atomic E-state index is 0.763. The number of imidazole rings is 1. The summed E-state index contributed by atoms with van der Waals surface area (Å²) in [5.74, 6) is 0. The van der Waals surface area contributed by atoms with Gasteiger partial charge in [-0.15, -0.1) is 0 Å². The number of nitrogen functional groups attached to an aromatic ring is 1.